The highest BCUT2D eigenvalue weighted by molar-refractivity contribution is 5.74. The first-order valence-electron chi connectivity index (χ1n) is 7.42. The highest BCUT2D eigenvalue weighted by atomic mass is 19.4. The van der Waals surface area contributed by atoms with E-state index in [9.17, 15) is 18.0 Å². The Bertz CT molecular complexity index is 524. The first-order valence-corrected chi connectivity index (χ1v) is 7.42. The molecule has 2 unspecified atom stereocenters. The summed E-state index contributed by atoms with van der Waals surface area (Å²) in [6, 6.07) is 4.69. The molecule has 23 heavy (non-hydrogen) atoms. The largest absolute Gasteiger partial charge is 0.459 e. The van der Waals surface area contributed by atoms with Gasteiger partial charge in [0.15, 0.2) is 6.10 Å². The topological polar surface area (TPSA) is 44.8 Å². The van der Waals surface area contributed by atoms with Crippen LogP contribution in [0.2, 0.25) is 0 Å². The zero-order valence-corrected chi connectivity index (χ0v) is 12.8. The molecule has 0 aromatic heterocycles. The van der Waals surface area contributed by atoms with Crippen molar-refractivity contribution in [2.45, 2.75) is 44.8 Å². The molecule has 1 fully saturated rings. The number of carbonyl (C=O) groups is 1. The molecule has 128 valence electrons. The van der Waals surface area contributed by atoms with E-state index in [4.69, 9.17) is 14.2 Å². The Labute approximate surface area is 132 Å². The number of carbonyl (C=O) groups excluding carboxylic acids is 1. The minimum Gasteiger partial charge on any atom is -0.459 e. The van der Waals surface area contributed by atoms with E-state index in [1.54, 1.807) is 6.92 Å². The normalized spacial score (nSPS) is 19.6. The summed E-state index contributed by atoms with van der Waals surface area (Å²) in [4.78, 5) is 11.8. The fourth-order valence-electron chi connectivity index (χ4n) is 2.20. The third kappa shape index (κ3) is 5.51. The number of alkyl halides is 3. The average molecular weight is 332 g/mol. The van der Waals surface area contributed by atoms with Crippen LogP contribution in [0.4, 0.5) is 13.2 Å². The first kappa shape index (κ1) is 17.7. The summed E-state index contributed by atoms with van der Waals surface area (Å²) < 4.78 is 53.6. The monoisotopic (exact) mass is 332 g/mol. The van der Waals surface area contributed by atoms with Crippen molar-refractivity contribution in [2.75, 3.05) is 13.2 Å². The van der Waals surface area contributed by atoms with Crippen molar-refractivity contribution < 1.29 is 32.2 Å². The summed E-state index contributed by atoms with van der Waals surface area (Å²) in [5.41, 5.74) is -0.492. The minimum atomic E-state index is -4.42. The van der Waals surface area contributed by atoms with Crippen molar-refractivity contribution in [3.63, 3.8) is 0 Å². The van der Waals surface area contributed by atoms with Gasteiger partial charge in [0.1, 0.15) is 6.61 Å². The van der Waals surface area contributed by atoms with Crippen molar-refractivity contribution >= 4 is 5.97 Å². The van der Waals surface area contributed by atoms with Gasteiger partial charge in [-0.25, -0.2) is 4.79 Å². The minimum absolute atomic E-state index is 0.00582. The lowest BCUT2D eigenvalue weighted by Gasteiger charge is -2.15. The van der Waals surface area contributed by atoms with Crippen LogP contribution in [0.5, 0.6) is 0 Å². The lowest BCUT2D eigenvalue weighted by atomic mass is 10.1. The van der Waals surface area contributed by atoms with Gasteiger partial charge < -0.3 is 14.2 Å². The van der Waals surface area contributed by atoms with E-state index in [2.05, 4.69) is 0 Å². The van der Waals surface area contributed by atoms with Crippen LogP contribution in [-0.2, 0) is 31.8 Å². The number of hydrogen-bond acceptors (Lipinski definition) is 4. The Morgan fingerprint density at radius 3 is 2.87 bits per heavy atom. The standard InChI is InChI=1S/C16H19F3O4/c1-11(22-10-14-6-3-7-21-14)15(20)23-9-12-4-2-5-13(8-12)16(17,18)19/h2,4-5,8,11,14H,3,6-7,9-10H2,1H3. The molecule has 0 saturated carbocycles. The van der Waals surface area contributed by atoms with Crippen LogP contribution in [-0.4, -0.2) is 31.4 Å². The van der Waals surface area contributed by atoms with E-state index in [0.29, 0.717) is 13.2 Å². The summed E-state index contributed by atoms with van der Waals surface area (Å²) in [5, 5.41) is 0. The van der Waals surface area contributed by atoms with Crippen molar-refractivity contribution in [3.05, 3.63) is 35.4 Å². The van der Waals surface area contributed by atoms with Gasteiger partial charge in [-0.1, -0.05) is 12.1 Å². The molecule has 1 aliphatic rings. The van der Waals surface area contributed by atoms with Crippen LogP contribution in [0.15, 0.2) is 24.3 Å². The molecular weight excluding hydrogens is 313 g/mol. The van der Waals surface area contributed by atoms with Gasteiger partial charge >= 0.3 is 12.1 Å². The van der Waals surface area contributed by atoms with Gasteiger partial charge in [0.2, 0.25) is 0 Å². The maximum absolute atomic E-state index is 12.6. The third-order valence-corrected chi connectivity index (χ3v) is 3.52. The lowest BCUT2D eigenvalue weighted by Crippen LogP contribution is -2.27. The van der Waals surface area contributed by atoms with Crippen molar-refractivity contribution in [1.82, 2.24) is 0 Å². The van der Waals surface area contributed by atoms with Crippen LogP contribution in [0.25, 0.3) is 0 Å². The van der Waals surface area contributed by atoms with E-state index in [-0.39, 0.29) is 18.3 Å². The van der Waals surface area contributed by atoms with Crippen LogP contribution >= 0.6 is 0 Å². The van der Waals surface area contributed by atoms with Gasteiger partial charge in [-0.3, -0.25) is 0 Å². The second-order valence-electron chi connectivity index (χ2n) is 5.42. The molecule has 1 heterocycles. The quantitative estimate of drug-likeness (QED) is 0.750. The van der Waals surface area contributed by atoms with Crippen molar-refractivity contribution in [3.8, 4) is 0 Å². The maximum atomic E-state index is 12.6. The number of esters is 1. The van der Waals surface area contributed by atoms with Crippen LogP contribution < -0.4 is 0 Å². The molecule has 0 amide bonds. The molecule has 1 aromatic rings. The van der Waals surface area contributed by atoms with Gasteiger partial charge in [0.05, 0.1) is 18.3 Å². The molecule has 4 nitrogen and oxygen atoms in total. The Balaban J connectivity index is 1.79. The molecule has 7 heteroatoms. The van der Waals surface area contributed by atoms with Crippen molar-refractivity contribution in [2.24, 2.45) is 0 Å². The summed E-state index contributed by atoms with van der Waals surface area (Å²) in [7, 11) is 0. The molecule has 0 radical (unpaired) electrons. The summed E-state index contributed by atoms with van der Waals surface area (Å²) >= 11 is 0. The highest BCUT2D eigenvalue weighted by Crippen LogP contribution is 2.29. The fraction of sp³-hybridized carbons (Fsp3) is 0.562. The second kappa shape index (κ2) is 7.79. The van der Waals surface area contributed by atoms with E-state index >= 15 is 0 Å². The van der Waals surface area contributed by atoms with Crippen LogP contribution in [0.3, 0.4) is 0 Å². The Morgan fingerprint density at radius 1 is 1.43 bits per heavy atom. The molecule has 2 atom stereocenters. The summed E-state index contributed by atoms with van der Waals surface area (Å²) in [6.07, 6.45) is -3.34. The van der Waals surface area contributed by atoms with Gasteiger partial charge in [-0.05, 0) is 37.5 Å². The number of halogens is 3. The fourth-order valence-corrected chi connectivity index (χ4v) is 2.20. The summed E-state index contributed by atoms with van der Waals surface area (Å²) in [6.45, 7) is 2.32. The van der Waals surface area contributed by atoms with Gasteiger partial charge in [0.25, 0.3) is 0 Å². The molecule has 0 aliphatic carbocycles. The van der Waals surface area contributed by atoms with E-state index < -0.39 is 23.8 Å². The Morgan fingerprint density at radius 2 is 2.22 bits per heavy atom. The molecule has 0 spiro atoms. The van der Waals surface area contributed by atoms with Gasteiger partial charge in [-0.2, -0.15) is 13.2 Å². The first-order chi connectivity index (χ1) is 10.9. The number of rotatable bonds is 6. The predicted molar refractivity (Wildman–Crippen MR) is 75.6 cm³/mol. The van der Waals surface area contributed by atoms with Crippen LogP contribution in [0, 0.1) is 0 Å². The third-order valence-electron chi connectivity index (χ3n) is 3.52. The zero-order chi connectivity index (χ0) is 16.9. The lowest BCUT2D eigenvalue weighted by molar-refractivity contribution is -0.159. The predicted octanol–water partition coefficient (Wildman–Crippen LogP) is 3.33. The van der Waals surface area contributed by atoms with Crippen LogP contribution in [0.1, 0.15) is 30.9 Å². The van der Waals surface area contributed by atoms with E-state index in [1.165, 1.54) is 12.1 Å². The molecular formula is C16H19F3O4. The van der Waals surface area contributed by atoms with E-state index in [1.807, 2.05) is 0 Å². The number of hydrogen-bond donors (Lipinski definition) is 0. The maximum Gasteiger partial charge on any atom is 0.416 e. The van der Waals surface area contributed by atoms with Gasteiger partial charge in [-0.15, -0.1) is 0 Å². The Hall–Kier alpha value is -1.60. The molecule has 0 N–H and O–H groups in total. The Kier molecular flexibility index (Phi) is 6.01. The van der Waals surface area contributed by atoms with E-state index in [0.717, 1.165) is 25.0 Å². The number of benzene rings is 1. The molecule has 1 saturated heterocycles. The zero-order valence-electron chi connectivity index (χ0n) is 12.8. The molecule has 0 bridgehead atoms. The second-order valence-corrected chi connectivity index (χ2v) is 5.42. The number of ether oxygens (including phenoxy) is 3. The van der Waals surface area contributed by atoms with Crippen molar-refractivity contribution in [1.29, 1.82) is 0 Å². The molecule has 1 aliphatic heterocycles. The molecule has 1 aromatic carbocycles. The summed E-state index contributed by atoms with van der Waals surface area (Å²) in [5.74, 6) is -0.611. The SMILES string of the molecule is CC(OCC1CCCO1)C(=O)OCc1cccc(C(F)(F)F)c1. The van der Waals surface area contributed by atoms with Gasteiger partial charge in [0, 0.05) is 6.61 Å². The highest BCUT2D eigenvalue weighted by Gasteiger charge is 2.30. The smallest absolute Gasteiger partial charge is 0.416 e. The molecule has 2 rings (SSSR count). The average Bonchev–Trinajstić information content (AvgIpc) is 3.03.